The number of pyridine rings is 1. The maximum Gasteiger partial charge on any atom is 0.252 e. The van der Waals surface area contributed by atoms with Gasteiger partial charge in [-0.15, -0.1) is 0 Å². The number of aliphatic hydroxyl groups is 1. The van der Waals surface area contributed by atoms with Crippen molar-refractivity contribution in [2.45, 2.75) is 26.9 Å². The molecule has 1 amide bonds. The molecule has 19 heavy (non-hydrogen) atoms. The summed E-state index contributed by atoms with van der Waals surface area (Å²) in [6, 6.07) is 1.50. The molecule has 0 aliphatic carbocycles. The Bertz CT molecular complexity index is 438. The number of nitrogens with one attached hydrogen (secondary N) is 1. The SMILES string of the molecule is CCOc1ncc(C(=O)NCC(O)C(C)C)cc1Cl. The Hall–Kier alpha value is -1.33. The van der Waals surface area contributed by atoms with Crippen molar-refractivity contribution < 1.29 is 14.6 Å². The molecule has 1 aromatic rings. The van der Waals surface area contributed by atoms with E-state index in [0.29, 0.717) is 23.1 Å². The first-order valence-corrected chi connectivity index (χ1v) is 6.58. The molecule has 0 saturated heterocycles. The lowest BCUT2D eigenvalue weighted by Crippen LogP contribution is -2.34. The summed E-state index contributed by atoms with van der Waals surface area (Å²) >= 11 is 5.95. The zero-order valence-electron chi connectivity index (χ0n) is 11.3. The topological polar surface area (TPSA) is 71.5 Å². The van der Waals surface area contributed by atoms with Gasteiger partial charge in [0.1, 0.15) is 5.02 Å². The van der Waals surface area contributed by atoms with Gasteiger partial charge in [-0.3, -0.25) is 4.79 Å². The van der Waals surface area contributed by atoms with Gasteiger partial charge in [-0.05, 0) is 18.9 Å². The average molecular weight is 287 g/mol. The molecule has 1 unspecified atom stereocenters. The predicted molar refractivity (Wildman–Crippen MR) is 73.6 cm³/mol. The first kappa shape index (κ1) is 15.7. The Kier molecular flexibility index (Phi) is 6.05. The zero-order valence-corrected chi connectivity index (χ0v) is 12.1. The van der Waals surface area contributed by atoms with Crippen LogP contribution in [0.4, 0.5) is 0 Å². The van der Waals surface area contributed by atoms with E-state index < -0.39 is 6.10 Å². The summed E-state index contributed by atoms with van der Waals surface area (Å²) in [7, 11) is 0. The minimum atomic E-state index is -0.574. The fourth-order valence-electron chi connectivity index (χ4n) is 1.33. The molecule has 106 valence electrons. The highest BCUT2D eigenvalue weighted by atomic mass is 35.5. The fourth-order valence-corrected chi connectivity index (χ4v) is 1.55. The van der Waals surface area contributed by atoms with Crippen LogP contribution in [0.5, 0.6) is 5.88 Å². The molecule has 0 spiro atoms. The van der Waals surface area contributed by atoms with E-state index in [0.717, 1.165) is 0 Å². The number of hydrogen-bond acceptors (Lipinski definition) is 4. The summed E-state index contributed by atoms with van der Waals surface area (Å²) < 4.78 is 5.19. The summed E-state index contributed by atoms with van der Waals surface area (Å²) in [5, 5.41) is 12.5. The van der Waals surface area contributed by atoms with Crippen LogP contribution >= 0.6 is 11.6 Å². The summed E-state index contributed by atoms with van der Waals surface area (Å²) in [6.07, 6.45) is 0.823. The highest BCUT2D eigenvalue weighted by Crippen LogP contribution is 2.22. The lowest BCUT2D eigenvalue weighted by Gasteiger charge is -2.15. The van der Waals surface area contributed by atoms with E-state index in [1.807, 2.05) is 20.8 Å². The van der Waals surface area contributed by atoms with E-state index in [9.17, 15) is 9.90 Å². The van der Waals surface area contributed by atoms with Crippen molar-refractivity contribution in [2.75, 3.05) is 13.2 Å². The number of nitrogens with zero attached hydrogens (tertiary/aromatic N) is 1. The molecule has 0 fully saturated rings. The molecule has 1 rings (SSSR count). The molecule has 0 radical (unpaired) electrons. The number of ether oxygens (including phenoxy) is 1. The van der Waals surface area contributed by atoms with Crippen molar-refractivity contribution in [3.05, 3.63) is 22.8 Å². The van der Waals surface area contributed by atoms with E-state index in [1.165, 1.54) is 12.3 Å². The van der Waals surface area contributed by atoms with E-state index in [1.54, 1.807) is 0 Å². The molecule has 0 aliphatic heterocycles. The van der Waals surface area contributed by atoms with Crippen LogP contribution in [0.25, 0.3) is 0 Å². The summed E-state index contributed by atoms with van der Waals surface area (Å²) in [5.74, 6) is 0.0717. The Labute approximate surface area is 117 Å². The van der Waals surface area contributed by atoms with Crippen molar-refractivity contribution in [1.29, 1.82) is 0 Å². The lowest BCUT2D eigenvalue weighted by molar-refractivity contribution is 0.0871. The first-order valence-electron chi connectivity index (χ1n) is 6.20. The highest BCUT2D eigenvalue weighted by Gasteiger charge is 2.13. The van der Waals surface area contributed by atoms with Crippen LogP contribution in [-0.2, 0) is 0 Å². The van der Waals surface area contributed by atoms with Gasteiger partial charge in [0, 0.05) is 12.7 Å². The number of rotatable bonds is 6. The van der Waals surface area contributed by atoms with Gasteiger partial charge in [-0.1, -0.05) is 25.4 Å². The van der Waals surface area contributed by atoms with Crippen molar-refractivity contribution >= 4 is 17.5 Å². The lowest BCUT2D eigenvalue weighted by atomic mass is 10.1. The third kappa shape index (κ3) is 4.69. The molecule has 5 nitrogen and oxygen atoms in total. The maximum absolute atomic E-state index is 11.8. The number of aromatic nitrogens is 1. The first-order chi connectivity index (χ1) is 8.95. The predicted octanol–water partition coefficient (Wildman–Crippen LogP) is 1.88. The quantitative estimate of drug-likeness (QED) is 0.838. The molecular formula is C13H19ClN2O3. The normalized spacial score (nSPS) is 12.3. The molecule has 1 aromatic heterocycles. The summed E-state index contributed by atoms with van der Waals surface area (Å²) in [6.45, 7) is 6.24. The van der Waals surface area contributed by atoms with Crippen molar-refractivity contribution in [2.24, 2.45) is 5.92 Å². The zero-order chi connectivity index (χ0) is 14.4. The third-order valence-electron chi connectivity index (χ3n) is 2.59. The second kappa shape index (κ2) is 7.31. The van der Waals surface area contributed by atoms with E-state index in [2.05, 4.69) is 10.3 Å². The third-order valence-corrected chi connectivity index (χ3v) is 2.86. The minimum absolute atomic E-state index is 0.0855. The van der Waals surface area contributed by atoms with Gasteiger partial charge in [0.2, 0.25) is 5.88 Å². The average Bonchev–Trinajstić information content (AvgIpc) is 2.37. The van der Waals surface area contributed by atoms with Crippen LogP contribution in [-0.4, -0.2) is 35.3 Å². The second-order valence-electron chi connectivity index (χ2n) is 4.47. The van der Waals surface area contributed by atoms with Crippen molar-refractivity contribution in [3.8, 4) is 5.88 Å². The fraction of sp³-hybridized carbons (Fsp3) is 0.538. The monoisotopic (exact) mass is 286 g/mol. The summed E-state index contributed by atoms with van der Waals surface area (Å²) in [5.41, 5.74) is 0.337. The minimum Gasteiger partial charge on any atom is -0.477 e. The molecule has 6 heteroatoms. The van der Waals surface area contributed by atoms with Gasteiger partial charge in [0.15, 0.2) is 0 Å². The van der Waals surface area contributed by atoms with Crippen LogP contribution in [0.15, 0.2) is 12.3 Å². The van der Waals surface area contributed by atoms with Crippen molar-refractivity contribution in [1.82, 2.24) is 10.3 Å². The number of carbonyl (C=O) groups excluding carboxylic acids is 1. The van der Waals surface area contributed by atoms with Crippen LogP contribution < -0.4 is 10.1 Å². The number of carbonyl (C=O) groups is 1. The van der Waals surface area contributed by atoms with Gasteiger partial charge in [-0.2, -0.15) is 0 Å². The van der Waals surface area contributed by atoms with Crippen LogP contribution in [0.1, 0.15) is 31.1 Å². The molecule has 0 saturated carbocycles. The molecule has 1 atom stereocenters. The maximum atomic E-state index is 11.8. The van der Waals surface area contributed by atoms with Crippen LogP contribution in [0, 0.1) is 5.92 Å². The Balaban J connectivity index is 2.65. The van der Waals surface area contributed by atoms with Crippen LogP contribution in [0.2, 0.25) is 5.02 Å². The van der Waals surface area contributed by atoms with E-state index in [4.69, 9.17) is 16.3 Å². The molecule has 0 bridgehead atoms. The van der Waals surface area contributed by atoms with Crippen molar-refractivity contribution in [3.63, 3.8) is 0 Å². The number of halogens is 1. The van der Waals surface area contributed by atoms with Gasteiger partial charge in [0.05, 0.1) is 18.3 Å². The van der Waals surface area contributed by atoms with Crippen LogP contribution in [0.3, 0.4) is 0 Å². The molecule has 2 N–H and O–H groups in total. The highest BCUT2D eigenvalue weighted by molar-refractivity contribution is 6.32. The molecule has 1 heterocycles. The largest absolute Gasteiger partial charge is 0.477 e. The smallest absolute Gasteiger partial charge is 0.252 e. The molecule has 0 aromatic carbocycles. The Morgan fingerprint density at radius 1 is 1.58 bits per heavy atom. The van der Waals surface area contributed by atoms with Gasteiger partial charge < -0.3 is 15.2 Å². The number of hydrogen-bond donors (Lipinski definition) is 2. The van der Waals surface area contributed by atoms with Gasteiger partial charge >= 0.3 is 0 Å². The van der Waals surface area contributed by atoms with Gasteiger partial charge in [-0.25, -0.2) is 4.98 Å². The standard InChI is InChI=1S/C13H19ClN2O3/c1-4-19-13-10(14)5-9(6-16-13)12(18)15-7-11(17)8(2)3/h5-6,8,11,17H,4,7H2,1-3H3,(H,15,18). The molecular weight excluding hydrogens is 268 g/mol. The summed E-state index contributed by atoms with van der Waals surface area (Å²) in [4.78, 5) is 15.8. The van der Waals surface area contributed by atoms with E-state index in [-0.39, 0.29) is 18.4 Å². The molecule has 0 aliphatic rings. The Morgan fingerprint density at radius 3 is 2.79 bits per heavy atom. The second-order valence-corrected chi connectivity index (χ2v) is 4.87. The number of amides is 1. The number of aliphatic hydroxyl groups excluding tert-OH is 1. The van der Waals surface area contributed by atoms with Gasteiger partial charge in [0.25, 0.3) is 5.91 Å². The van der Waals surface area contributed by atoms with E-state index >= 15 is 0 Å². The Morgan fingerprint density at radius 2 is 2.26 bits per heavy atom.